The molecule has 0 radical (unpaired) electrons. The van der Waals surface area contributed by atoms with Crippen molar-refractivity contribution in [1.82, 2.24) is 4.90 Å². The number of methoxy groups -OCH3 is 2. The maximum atomic E-state index is 10.9. The zero-order chi connectivity index (χ0) is 21.2. The molecule has 0 aromatic heterocycles. The molecule has 0 saturated carbocycles. The highest BCUT2D eigenvalue weighted by molar-refractivity contribution is 5.49. The second-order valence-electron chi connectivity index (χ2n) is 9.71. The number of aliphatic hydroxyl groups excluding tert-OH is 2. The number of ether oxygens (including phenoxy) is 3. The molecule has 0 spiro atoms. The molecular weight excluding hydrogens is 370 g/mol. The molecular formula is C23H37NO5. The molecule has 0 amide bonds. The van der Waals surface area contributed by atoms with Gasteiger partial charge in [-0.3, -0.25) is 4.90 Å². The van der Waals surface area contributed by atoms with Gasteiger partial charge >= 0.3 is 0 Å². The predicted molar refractivity (Wildman–Crippen MR) is 113 cm³/mol. The summed E-state index contributed by atoms with van der Waals surface area (Å²) in [6, 6.07) is 4.31. The number of piperidine rings is 1. The first-order chi connectivity index (χ1) is 13.7. The Labute approximate surface area is 174 Å². The first-order valence-electron chi connectivity index (χ1n) is 10.6. The number of nitrogens with zero attached hydrogens (tertiary/aromatic N) is 1. The Kier molecular flexibility index (Phi) is 7.10. The molecule has 2 aliphatic rings. The van der Waals surface area contributed by atoms with E-state index in [9.17, 15) is 10.2 Å². The summed E-state index contributed by atoms with van der Waals surface area (Å²) in [5.74, 6) is 1.64. The average molecular weight is 408 g/mol. The van der Waals surface area contributed by atoms with Gasteiger partial charge < -0.3 is 24.4 Å². The first kappa shape index (κ1) is 22.3. The lowest BCUT2D eigenvalue weighted by atomic mass is 9.75. The van der Waals surface area contributed by atoms with Gasteiger partial charge in [-0.2, -0.15) is 0 Å². The van der Waals surface area contributed by atoms with Gasteiger partial charge in [0.1, 0.15) is 12.7 Å². The summed E-state index contributed by atoms with van der Waals surface area (Å²) in [6.07, 6.45) is 1.77. The van der Waals surface area contributed by atoms with E-state index in [2.05, 4.69) is 31.7 Å². The Morgan fingerprint density at radius 2 is 1.93 bits per heavy atom. The van der Waals surface area contributed by atoms with Gasteiger partial charge in [-0.25, -0.2) is 0 Å². The molecule has 2 aliphatic heterocycles. The summed E-state index contributed by atoms with van der Waals surface area (Å²) in [4.78, 5) is 2.52. The molecule has 6 nitrogen and oxygen atoms in total. The topological polar surface area (TPSA) is 71.4 Å². The third-order valence-electron chi connectivity index (χ3n) is 6.04. The third-order valence-corrected chi connectivity index (χ3v) is 6.04. The van der Waals surface area contributed by atoms with Crippen molar-refractivity contribution in [2.75, 3.05) is 40.5 Å². The maximum Gasteiger partial charge on any atom is 0.161 e. The number of aliphatic hydroxyl groups is 2. The minimum Gasteiger partial charge on any atom is -0.493 e. The van der Waals surface area contributed by atoms with Gasteiger partial charge in [-0.05, 0) is 53.9 Å². The van der Waals surface area contributed by atoms with Crippen molar-refractivity contribution in [2.45, 2.75) is 58.3 Å². The van der Waals surface area contributed by atoms with Crippen LogP contribution in [0.4, 0.5) is 0 Å². The maximum absolute atomic E-state index is 10.9. The third kappa shape index (κ3) is 5.43. The van der Waals surface area contributed by atoms with Crippen LogP contribution in [0, 0.1) is 11.3 Å². The molecule has 1 aromatic carbocycles. The van der Waals surface area contributed by atoms with Crippen LogP contribution in [0.25, 0.3) is 0 Å². The van der Waals surface area contributed by atoms with Gasteiger partial charge in [-0.15, -0.1) is 0 Å². The Hall–Kier alpha value is -1.34. The average Bonchev–Trinajstić information content (AvgIpc) is 2.65. The van der Waals surface area contributed by atoms with E-state index in [-0.39, 0.29) is 30.8 Å². The van der Waals surface area contributed by atoms with E-state index in [0.717, 1.165) is 32.4 Å². The van der Waals surface area contributed by atoms with Gasteiger partial charge in [0.25, 0.3) is 0 Å². The molecule has 0 aliphatic carbocycles. The number of benzene rings is 1. The minimum atomic E-state index is -0.676. The minimum absolute atomic E-state index is 0.158. The zero-order valence-corrected chi connectivity index (χ0v) is 18.5. The molecule has 4 atom stereocenters. The number of fused-ring (bicyclic) bond motifs is 3. The van der Waals surface area contributed by atoms with E-state index < -0.39 is 6.10 Å². The fraction of sp³-hybridized carbons (Fsp3) is 0.739. The SMILES string of the molecule is COC[C@@H](O)COc1cc2c(cc1OC)[C@H]1C[C@@H](O)[C@H](CC(C)(C)C)CN1CC2. The first-order valence-corrected chi connectivity index (χ1v) is 10.6. The Balaban J connectivity index is 1.77. The van der Waals surface area contributed by atoms with Gasteiger partial charge in [0.2, 0.25) is 0 Å². The van der Waals surface area contributed by atoms with Crippen LogP contribution >= 0.6 is 0 Å². The fourth-order valence-electron chi connectivity index (χ4n) is 4.79. The van der Waals surface area contributed by atoms with E-state index >= 15 is 0 Å². The van der Waals surface area contributed by atoms with Crippen LogP contribution in [0.5, 0.6) is 11.5 Å². The van der Waals surface area contributed by atoms with Crippen molar-refractivity contribution in [3.8, 4) is 11.5 Å². The summed E-state index contributed by atoms with van der Waals surface area (Å²) in [5, 5.41) is 20.7. The van der Waals surface area contributed by atoms with Crippen LogP contribution in [0.15, 0.2) is 12.1 Å². The van der Waals surface area contributed by atoms with E-state index in [4.69, 9.17) is 14.2 Å². The Bertz CT molecular complexity index is 687. The molecule has 3 rings (SSSR count). The summed E-state index contributed by atoms with van der Waals surface area (Å²) in [5.41, 5.74) is 2.69. The quantitative estimate of drug-likeness (QED) is 0.724. The summed E-state index contributed by atoms with van der Waals surface area (Å²) >= 11 is 0. The molecule has 6 heteroatoms. The van der Waals surface area contributed by atoms with Crippen molar-refractivity contribution in [1.29, 1.82) is 0 Å². The van der Waals surface area contributed by atoms with E-state index in [1.165, 1.54) is 11.1 Å². The van der Waals surface area contributed by atoms with E-state index in [0.29, 0.717) is 17.4 Å². The molecule has 1 saturated heterocycles. The Morgan fingerprint density at radius 1 is 1.17 bits per heavy atom. The summed E-state index contributed by atoms with van der Waals surface area (Å²) in [7, 11) is 3.19. The standard InChI is InChI=1S/C23H37NO5/c1-23(2,3)11-16-12-24-7-6-15-8-22(29-14-17(25)13-27-4)21(28-5)9-18(15)19(24)10-20(16)26/h8-9,16-17,19-20,25-26H,6-7,10-14H2,1-5H3/t16-,17-,19-,20-/m1/s1. The van der Waals surface area contributed by atoms with Gasteiger partial charge in [-0.1, -0.05) is 20.8 Å². The zero-order valence-electron chi connectivity index (χ0n) is 18.5. The van der Waals surface area contributed by atoms with Crippen LogP contribution < -0.4 is 9.47 Å². The fourth-order valence-corrected chi connectivity index (χ4v) is 4.79. The van der Waals surface area contributed by atoms with Crippen molar-refractivity contribution < 1.29 is 24.4 Å². The van der Waals surface area contributed by atoms with Crippen molar-refractivity contribution in [3.05, 3.63) is 23.3 Å². The Morgan fingerprint density at radius 3 is 2.59 bits per heavy atom. The van der Waals surface area contributed by atoms with Crippen LogP contribution in [-0.2, 0) is 11.2 Å². The van der Waals surface area contributed by atoms with Crippen LogP contribution in [0.3, 0.4) is 0 Å². The van der Waals surface area contributed by atoms with Gasteiger partial charge in [0.15, 0.2) is 11.5 Å². The summed E-state index contributed by atoms with van der Waals surface area (Å²) < 4.78 is 16.4. The van der Waals surface area contributed by atoms with E-state index in [1.54, 1.807) is 14.2 Å². The summed E-state index contributed by atoms with van der Waals surface area (Å²) in [6.45, 7) is 9.05. The number of hydrogen-bond donors (Lipinski definition) is 2. The molecule has 164 valence electrons. The number of rotatable bonds is 7. The normalized spacial score (nSPS) is 25.8. The van der Waals surface area contributed by atoms with E-state index in [1.807, 2.05) is 6.07 Å². The second-order valence-corrected chi connectivity index (χ2v) is 9.71. The predicted octanol–water partition coefficient (Wildman–Crippen LogP) is 2.80. The lowest BCUT2D eigenvalue weighted by Gasteiger charge is -2.47. The largest absolute Gasteiger partial charge is 0.493 e. The van der Waals surface area contributed by atoms with Crippen molar-refractivity contribution in [3.63, 3.8) is 0 Å². The highest BCUT2D eigenvalue weighted by Gasteiger charge is 2.39. The highest BCUT2D eigenvalue weighted by Crippen LogP contribution is 2.44. The lowest BCUT2D eigenvalue weighted by molar-refractivity contribution is -0.0259. The molecule has 29 heavy (non-hydrogen) atoms. The smallest absolute Gasteiger partial charge is 0.161 e. The molecule has 1 fully saturated rings. The molecule has 1 aromatic rings. The molecule has 2 N–H and O–H groups in total. The van der Waals surface area contributed by atoms with Gasteiger partial charge in [0.05, 0.1) is 19.8 Å². The van der Waals surface area contributed by atoms with Gasteiger partial charge in [0, 0.05) is 26.2 Å². The molecule has 2 heterocycles. The van der Waals surface area contributed by atoms with Crippen molar-refractivity contribution in [2.24, 2.45) is 11.3 Å². The van der Waals surface area contributed by atoms with Crippen LogP contribution in [0.2, 0.25) is 0 Å². The van der Waals surface area contributed by atoms with Crippen molar-refractivity contribution >= 4 is 0 Å². The van der Waals surface area contributed by atoms with Crippen LogP contribution in [0.1, 0.15) is 50.8 Å². The number of hydrogen-bond acceptors (Lipinski definition) is 6. The molecule has 0 bridgehead atoms. The lowest BCUT2D eigenvalue weighted by Crippen LogP contribution is -2.48. The second kappa shape index (κ2) is 9.21. The monoisotopic (exact) mass is 407 g/mol. The highest BCUT2D eigenvalue weighted by atomic mass is 16.5. The molecule has 0 unspecified atom stereocenters. The van der Waals surface area contributed by atoms with Crippen LogP contribution in [-0.4, -0.2) is 67.8 Å².